The molecule has 0 saturated carbocycles. The van der Waals surface area contributed by atoms with Gasteiger partial charge in [0.05, 0.1) is 28.6 Å². The molecule has 0 saturated heterocycles. The average Bonchev–Trinajstić information content (AvgIpc) is 3.73. The molecular weight excluding hydrogens is 573 g/mol. The molecule has 1 N–H and O–H groups in total. The minimum absolute atomic E-state index is 0.0914. The molecule has 6 aromatic carbocycles. The van der Waals surface area contributed by atoms with Crippen LogP contribution in [-0.4, -0.2) is 19.5 Å². The van der Waals surface area contributed by atoms with Crippen molar-refractivity contribution in [1.82, 2.24) is 19.5 Å². The van der Waals surface area contributed by atoms with Crippen molar-refractivity contribution in [2.45, 2.75) is 19.3 Å². The van der Waals surface area contributed by atoms with Gasteiger partial charge < -0.3 is 9.55 Å². The van der Waals surface area contributed by atoms with Gasteiger partial charge in [-0.1, -0.05) is 123 Å². The standard InChI is InChI=1S/C43H30N4/c1-43(2)33-19-11-9-17-28(33)31-24-36-32(23-34(31)43)39-35(45-36)22-21-30-29-18-10-12-20-37(29)47(41(30)39)38-25-44-42(27-15-7-4-8-16-27)46-40(38)26-13-5-3-6-14-26/h3-25,45H,1-2H3. The molecular formula is C43H30N4. The fourth-order valence-corrected chi connectivity index (χ4v) is 7.96. The highest BCUT2D eigenvalue weighted by molar-refractivity contribution is 6.26. The number of rotatable bonds is 3. The summed E-state index contributed by atoms with van der Waals surface area (Å²) in [6.07, 6.45) is 2.01. The Morgan fingerprint density at radius 3 is 2.15 bits per heavy atom. The summed E-state index contributed by atoms with van der Waals surface area (Å²) in [6.45, 7) is 4.70. The van der Waals surface area contributed by atoms with Gasteiger partial charge in [0.15, 0.2) is 5.82 Å². The van der Waals surface area contributed by atoms with Crippen molar-refractivity contribution in [2.75, 3.05) is 0 Å². The van der Waals surface area contributed by atoms with Gasteiger partial charge in [0, 0.05) is 49.1 Å². The molecule has 1 aliphatic rings. The lowest BCUT2D eigenvalue weighted by atomic mass is 9.82. The summed E-state index contributed by atoms with van der Waals surface area (Å²) >= 11 is 0. The summed E-state index contributed by atoms with van der Waals surface area (Å²) in [5, 5.41) is 4.87. The van der Waals surface area contributed by atoms with Crippen LogP contribution in [-0.2, 0) is 5.41 Å². The van der Waals surface area contributed by atoms with Crippen LogP contribution in [0.2, 0.25) is 0 Å². The van der Waals surface area contributed by atoms with Crippen LogP contribution in [0.25, 0.3) is 83.1 Å². The van der Waals surface area contributed by atoms with E-state index in [0.717, 1.165) is 44.6 Å². The van der Waals surface area contributed by atoms with E-state index >= 15 is 0 Å². The number of fused-ring (bicyclic) bond motifs is 10. The normalized spacial score (nSPS) is 13.5. The third-order valence-electron chi connectivity index (χ3n) is 10.2. The van der Waals surface area contributed by atoms with Gasteiger partial charge in [0.1, 0.15) is 0 Å². The van der Waals surface area contributed by atoms with Crippen molar-refractivity contribution in [2.24, 2.45) is 0 Å². The third kappa shape index (κ3) is 3.64. The highest BCUT2D eigenvalue weighted by Gasteiger charge is 2.36. The van der Waals surface area contributed by atoms with Gasteiger partial charge in [-0.2, -0.15) is 0 Å². The Bertz CT molecular complexity index is 2700. The van der Waals surface area contributed by atoms with Crippen LogP contribution < -0.4 is 0 Å². The van der Waals surface area contributed by atoms with E-state index in [9.17, 15) is 0 Å². The molecule has 0 spiro atoms. The number of aromatic nitrogens is 4. The molecule has 10 rings (SSSR count). The average molecular weight is 603 g/mol. The Labute approximate surface area is 272 Å². The van der Waals surface area contributed by atoms with E-state index in [1.165, 1.54) is 43.8 Å². The molecule has 0 bridgehead atoms. The van der Waals surface area contributed by atoms with Gasteiger partial charge in [-0.15, -0.1) is 0 Å². The lowest BCUT2D eigenvalue weighted by Crippen LogP contribution is -2.14. The van der Waals surface area contributed by atoms with Gasteiger partial charge >= 0.3 is 0 Å². The van der Waals surface area contributed by atoms with E-state index in [1.807, 2.05) is 24.4 Å². The second-order valence-electron chi connectivity index (χ2n) is 13.1. The monoisotopic (exact) mass is 602 g/mol. The summed E-state index contributed by atoms with van der Waals surface area (Å²) in [4.78, 5) is 14.1. The molecule has 9 aromatic rings. The maximum Gasteiger partial charge on any atom is 0.159 e. The fourth-order valence-electron chi connectivity index (χ4n) is 7.96. The van der Waals surface area contributed by atoms with Crippen molar-refractivity contribution in [3.63, 3.8) is 0 Å². The van der Waals surface area contributed by atoms with Crippen LogP contribution in [0, 0.1) is 0 Å². The first kappa shape index (κ1) is 26.2. The minimum Gasteiger partial charge on any atom is -0.354 e. The predicted molar refractivity (Wildman–Crippen MR) is 194 cm³/mol. The number of nitrogens with one attached hydrogen (secondary N) is 1. The van der Waals surface area contributed by atoms with Crippen LogP contribution >= 0.6 is 0 Å². The Morgan fingerprint density at radius 2 is 1.32 bits per heavy atom. The second kappa shape index (κ2) is 9.51. The van der Waals surface area contributed by atoms with E-state index in [1.54, 1.807) is 0 Å². The van der Waals surface area contributed by atoms with Gasteiger partial charge in [-0.3, -0.25) is 0 Å². The van der Waals surface area contributed by atoms with Crippen LogP contribution in [0.4, 0.5) is 0 Å². The highest BCUT2D eigenvalue weighted by atomic mass is 15.0. The molecule has 0 fully saturated rings. The second-order valence-corrected chi connectivity index (χ2v) is 13.1. The number of hydrogen-bond acceptors (Lipinski definition) is 2. The topological polar surface area (TPSA) is 46.5 Å². The Kier molecular flexibility index (Phi) is 5.31. The van der Waals surface area contributed by atoms with Crippen LogP contribution in [0.5, 0.6) is 0 Å². The minimum atomic E-state index is -0.0914. The number of H-pyrrole nitrogens is 1. The van der Waals surface area contributed by atoms with E-state index in [4.69, 9.17) is 9.97 Å². The van der Waals surface area contributed by atoms with Gasteiger partial charge in [-0.25, -0.2) is 9.97 Å². The zero-order chi connectivity index (χ0) is 31.3. The Hall–Kier alpha value is -6.00. The number of para-hydroxylation sites is 1. The van der Waals surface area contributed by atoms with Gasteiger partial charge in [-0.05, 0) is 46.5 Å². The largest absolute Gasteiger partial charge is 0.354 e. The van der Waals surface area contributed by atoms with Crippen molar-refractivity contribution in [3.8, 4) is 39.5 Å². The van der Waals surface area contributed by atoms with Crippen molar-refractivity contribution >= 4 is 43.6 Å². The van der Waals surface area contributed by atoms with Crippen LogP contribution in [0.1, 0.15) is 25.0 Å². The third-order valence-corrected chi connectivity index (χ3v) is 10.2. The maximum atomic E-state index is 5.26. The summed E-state index contributed by atoms with van der Waals surface area (Å²) in [5.41, 5.74) is 13.8. The predicted octanol–water partition coefficient (Wildman–Crippen LogP) is 10.8. The summed E-state index contributed by atoms with van der Waals surface area (Å²) in [6, 6.07) is 47.6. The summed E-state index contributed by atoms with van der Waals surface area (Å²) in [7, 11) is 0. The Balaban J connectivity index is 1.34. The molecule has 0 unspecified atom stereocenters. The molecule has 0 aliphatic heterocycles. The number of hydrogen-bond donors (Lipinski definition) is 1. The summed E-state index contributed by atoms with van der Waals surface area (Å²) < 4.78 is 2.39. The molecule has 3 aromatic heterocycles. The quantitative estimate of drug-likeness (QED) is 0.219. The molecule has 222 valence electrons. The zero-order valence-corrected chi connectivity index (χ0v) is 26.1. The lowest BCUT2D eigenvalue weighted by Gasteiger charge is -2.21. The molecule has 1 aliphatic carbocycles. The van der Waals surface area contributed by atoms with Crippen molar-refractivity contribution in [3.05, 3.63) is 151 Å². The van der Waals surface area contributed by atoms with Crippen molar-refractivity contribution in [1.29, 1.82) is 0 Å². The van der Waals surface area contributed by atoms with Crippen molar-refractivity contribution < 1.29 is 0 Å². The first-order valence-corrected chi connectivity index (χ1v) is 16.2. The number of aromatic amines is 1. The van der Waals surface area contributed by atoms with E-state index in [0.29, 0.717) is 5.82 Å². The summed E-state index contributed by atoms with van der Waals surface area (Å²) in [5.74, 6) is 0.712. The van der Waals surface area contributed by atoms with Gasteiger partial charge in [0.2, 0.25) is 0 Å². The molecule has 0 atom stereocenters. The van der Waals surface area contributed by atoms with Crippen LogP contribution in [0.15, 0.2) is 140 Å². The first-order chi connectivity index (χ1) is 23.1. The first-order valence-electron chi connectivity index (χ1n) is 16.2. The Morgan fingerprint density at radius 1 is 0.596 bits per heavy atom. The van der Waals surface area contributed by atoms with E-state index < -0.39 is 0 Å². The number of nitrogens with zero attached hydrogens (tertiary/aromatic N) is 3. The highest BCUT2D eigenvalue weighted by Crippen LogP contribution is 2.51. The SMILES string of the molecule is CC1(C)c2ccccc2-c2cc3[nH]c4ccc5c6ccccc6n(-c6cnc(-c7ccccc7)nc6-c6ccccc6)c5c4c3cc21. The maximum absolute atomic E-state index is 5.26. The molecule has 4 nitrogen and oxygen atoms in total. The zero-order valence-electron chi connectivity index (χ0n) is 26.1. The smallest absolute Gasteiger partial charge is 0.159 e. The van der Waals surface area contributed by atoms with Gasteiger partial charge in [0.25, 0.3) is 0 Å². The molecule has 47 heavy (non-hydrogen) atoms. The number of benzene rings is 6. The van der Waals surface area contributed by atoms with E-state index in [-0.39, 0.29) is 5.41 Å². The molecule has 0 amide bonds. The molecule has 0 radical (unpaired) electrons. The fraction of sp³-hybridized carbons (Fsp3) is 0.0698. The molecule has 4 heteroatoms. The van der Waals surface area contributed by atoms with E-state index in [2.05, 4.69) is 139 Å². The van der Waals surface area contributed by atoms with Crippen LogP contribution in [0.3, 0.4) is 0 Å². The lowest BCUT2D eigenvalue weighted by molar-refractivity contribution is 0.661. The molecule has 3 heterocycles.